The van der Waals surface area contributed by atoms with E-state index in [0.717, 1.165) is 29.5 Å². The van der Waals surface area contributed by atoms with Gasteiger partial charge in [0.15, 0.2) is 0 Å². The highest BCUT2D eigenvalue weighted by atomic mass is 127. The molecule has 2 aromatic rings. The zero-order valence-corrected chi connectivity index (χ0v) is 23.4. The fraction of sp³-hybridized carbons (Fsp3) is 0.476. The predicted molar refractivity (Wildman–Crippen MR) is 142 cm³/mol. The first kappa shape index (κ1) is 28.0. The Kier molecular flexibility index (Phi) is 11.5. The zero-order chi connectivity index (χ0) is 24.4. The second-order valence-corrected chi connectivity index (χ2v) is 10.4. The lowest BCUT2D eigenvalue weighted by atomic mass is 9.97. The van der Waals surface area contributed by atoms with Crippen LogP contribution in [0, 0.1) is 9.49 Å². The summed E-state index contributed by atoms with van der Waals surface area (Å²) < 4.78 is 33.5. The highest BCUT2D eigenvalue weighted by molar-refractivity contribution is 14.1. The lowest BCUT2D eigenvalue weighted by Crippen LogP contribution is -2.41. The summed E-state index contributed by atoms with van der Waals surface area (Å²) in [4.78, 5) is 22.8. The molecule has 1 saturated heterocycles. The Morgan fingerprint density at radius 3 is 2.36 bits per heavy atom. The molecule has 1 fully saturated rings. The Morgan fingerprint density at radius 1 is 1.21 bits per heavy atom. The second kappa shape index (κ2) is 13.6. The number of hydrogen-bond acceptors (Lipinski definition) is 8. The van der Waals surface area contributed by atoms with Gasteiger partial charge < -0.3 is 9.64 Å². The van der Waals surface area contributed by atoms with Gasteiger partial charge in [0.05, 0.1) is 17.1 Å². The van der Waals surface area contributed by atoms with Crippen molar-refractivity contribution in [2.45, 2.75) is 31.6 Å². The number of esters is 1. The number of sulfonamides is 1. The van der Waals surface area contributed by atoms with Crippen LogP contribution in [0.25, 0.3) is 0 Å². The van der Waals surface area contributed by atoms with Crippen LogP contribution in [0.5, 0.6) is 0 Å². The lowest BCUT2D eigenvalue weighted by molar-refractivity contribution is 0.0525. The summed E-state index contributed by atoms with van der Waals surface area (Å²) in [5.74, 6) is 0.415. The molecular weight excluding hydrogens is 594 g/mol. The van der Waals surface area contributed by atoms with E-state index in [-0.39, 0.29) is 5.92 Å². The number of hydrogen-bond donors (Lipinski definition) is 0. The summed E-state index contributed by atoms with van der Waals surface area (Å²) in [5.41, 5.74) is 0.333. The fourth-order valence-electron chi connectivity index (χ4n) is 3.60. The van der Waals surface area contributed by atoms with Crippen molar-refractivity contribution in [3.63, 3.8) is 0 Å². The van der Waals surface area contributed by atoms with Gasteiger partial charge in [-0.1, -0.05) is 30.9 Å². The minimum Gasteiger partial charge on any atom is -0.462 e. The van der Waals surface area contributed by atoms with Crippen LogP contribution in [0.1, 0.15) is 37.0 Å². The van der Waals surface area contributed by atoms with Gasteiger partial charge in [-0.15, -0.1) is 0 Å². The van der Waals surface area contributed by atoms with Crippen molar-refractivity contribution in [1.29, 1.82) is 0 Å². The Morgan fingerprint density at radius 2 is 1.82 bits per heavy atom. The molecule has 3 rings (SSSR count). The van der Waals surface area contributed by atoms with E-state index in [1.165, 1.54) is 12.4 Å². The van der Waals surface area contributed by atoms with E-state index < -0.39 is 16.0 Å². The molecule has 180 valence electrons. The Bertz CT molecular complexity index is 1020. The number of carbonyl (C=O) groups is 1. The van der Waals surface area contributed by atoms with Gasteiger partial charge >= 0.3 is 5.97 Å². The number of anilines is 1. The molecule has 0 atom stereocenters. The molecule has 1 aromatic carbocycles. The SMILES string of the molecule is CCOC(=O)c1cnc(N2CCC(CN(CC)S(=O)(=O)c3ccccc3I)CC2)nc1.P=S. The number of rotatable bonds is 8. The zero-order valence-electron chi connectivity index (χ0n) is 18.6. The number of carbonyl (C=O) groups excluding carboxylic acids is 1. The van der Waals surface area contributed by atoms with Gasteiger partial charge in [-0.05, 0) is 68.4 Å². The molecule has 33 heavy (non-hydrogen) atoms. The molecule has 0 aliphatic carbocycles. The van der Waals surface area contributed by atoms with E-state index in [1.54, 1.807) is 23.4 Å². The van der Waals surface area contributed by atoms with Crippen LogP contribution < -0.4 is 4.90 Å². The van der Waals surface area contributed by atoms with Gasteiger partial charge in [-0.25, -0.2) is 23.2 Å². The largest absolute Gasteiger partial charge is 0.462 e. The average molecular weight is 622 g/mol. The Labute approximate surface area is 216 Å². The van der Waals surface area contributed by atoms with Gasteiger partial charge in [0.2, 0.25) is 16.0 Å². The third-order valence-electron chi connectivity index (χ3n) is 5.32. The maximum Gasteiger partial charge on any atom is 0.341 e. The van der Waals surface area contributed by atoms with Crippen LogP contribution in [-0.4, -0.2) is 61.4 Å². The minimum atomic E-state index is -3.52. The molecule has 1 aromatic heterocycles. The summed E-state index contributed by atoms with van der Waals surface area (Å²) in [6.45, 7) is 6.35. The standard InChI is InChI=1S/C21H27IN4O4S.HPS/c1-3-26(31(28,29)19-8-6-5-7-18(19)22)15-16-9-11-25(12-10-16)21-23-13-17(14-24-21)20(27)30-4-2;1-2/h5-8,13-14,16H,3-4,9-12,15H2,1-2H3;1H. The molecule has 0 saturated carbocycles. The highest BCUT2D eigenvalue weighted by Gasteiger charge is 2.29. The van der Waals surface area contributed by atoms with Gasteiger partial charge in [-0.2, -0.15) is 4.31 Å². The summed E-state index contributed by atoms with van der Waals surface area (Å²) in [5, 5.41) is 0. The molecule has 0 bridgehead atoms. The fourth-order valence-corrected chi connectivity index (χ4v) is 6.41. The lowest BCUT2D eigenvalue weighted by Gasteiger charge is -2.34. The quantitative estimate of drug-likeness (QED) is 0.250. The second-order valence-electron chi connectivity index (χ2n) is 7.31. The third kappa shape index (κ3) is 7.35. The molecule has 0 N–H and O–H groups in total. The van der Waals surface area contributed by atoms with Crippen molar-refractivity contribution in [2.24, 2.45) is 5.92 Å². The van der Waals surface area contributed by atoms with E-state index in [0.29, 0.717) is 36.1 Å². The number of aromatic nitrogens is 2. The number of halogens is 1. The van der Waals surface area contributed by atoms with Crippen molar-refractivity contribution >= 4 is 64.4 Å². The molecule has 0 unspecified atom stereocenters. The first-order chi connectivity index (χ1) is 15.9. The average Bonchev–Trinajstić information content (AvgIpc) is 2.84. The van der Waals surface area contributed by atoms with Crippen molar-refractivity contribution in [2.75, 3.05) is 37.7 Å². The summed E-state index contributed by atoms with van der Waals surface area (Å²) in [6, 6.07) is 7.08. The molecular formula is C21H28IN4O4PS2. The van der Waals surface area contributed by atoms with Crippen LogP contribution in [-0.2, 0) is 26.6 Å². The molecule has 0 amide bonds. The maximum atomic E-state index is 13.1. The molecule has 12 heteroatoms. The van der Waals surface area contributed by atoms with E-state index in [4.69, 9.17) is 4.74 Å². The first-order valence-corrected chi connectivity index (χ1v) is 14.7. The number of benzene rings is 1. The summed E-state index contributed by atoms with van der Waals surface area (Å²) in [6.07, 6.45) is 4.67. The molecule has 8 nitrogen and oxygen atoms in total. The topological polar surface area (TPSA) is 92.7 Å². The van der Waals surface area contributed by atoms with Crippen LogP contribution in [0.4, 0.5) is 5.95 Å². The Balaban J connectivity index is 0.00000187. The van der Waals surface area contributed by atoms with E-state index >= 15 is 0 Å². The van der Waals surface area contributed by atoms with Crippen LogP contribution in [0.15, 0.2) is 41.6 Å². The number of nitrogens with zero attached hydrogens (tertiary/aromatic N) is 4. The molecule has 0 spiro atoms. The predicted octanol–water partition coefficient (Wildman–Crippen LogP) is 3.78. The first-order valence-electron chi connectivity index (χ1n) is 10.6. The third-order valence-corrected chi connectivity index (χ3v) is 8.62. The van der Waals surface area contributed by atoms with Gasteiger partial charge in [-0.3, -0.25) is 0 Å². The Hall–Kier alpha value is -1.27. The van der Waals surface area contributed by atoms with E-state index in [1.807, 2.05) is 19.1 Å². The molecule has 1 aliphatic rings. The van der Waals surface area contributed by atoms with Crippen molar-refractivity contribution in [3.05, 3.63) is 45.8 Å². The van der Waals surface area contributed by atoms with Crippen LogP contribution in [0.2, 0.25) is 0 Å². The minimum absolute atomic E-state index is 0.270. The number of piperidine rings is 1. The van der Waals surface area contributed by atoms with Gasteiger partial charge in [0.1, 0.15) is 0 Å². The summed E-state index contributed by atoms with van der Waals surface area (Å²) >= 11 is 5.96. The van der Waals surface area contributed by atoms with E-state index in [9.17, 15) is 13.2 Å². The molecule has 0 radical (unpaired) electrons. The van der Waals surface area contributed by atoms with Crippen molar-refractivity contribution in [1.82, 2.24) is 14.3 Å². The summed E-state index contributed by atoms with van der Waals surface area (Å²) in [7, 11) is -0.965. The molecule has 2 heterocycles. The van der Waals surface area contributed by atoms with Crippen molar-refractivity contribution < 1.29 is 17.9 Å². The maximum absolute atomic E-state index is 13.1. The molecule has 1 aliphatic heterocycles. The van der Waals surface area contributed by atoms with Crippen molar-refractivity contribution in [3.8, 4) is 0 Å². The normalized spacial score (nSPS) is 14.5. The number of ether oxygens (including phenoxy) is 1. The van der Waals surface area contributed by atoms with E-state index in [2.05, 4.69) is 57.3 Å². The van der Waals surface area contributed by atoms with Gasteiger partial charge in [0.25, 0.3) is 0 Å². The monoisotopic (exact) mass is 622 g/mol. The van der Waals surface area contributed by atoms with Gasteiger partial charge in [0, 0.05) is 42.1 Å². The highest BCUT2D eigenvalue weighted by Crippen LogP contribution is 2.26. The smallest absolute Gasteiger partial charge is 0.341 e. The van der Waals surface area contributed by atoms with Crippen LogP contribution >= 0.6 is 30.6 Å². The van der Waals surface area contributed by atoms with Crippen LogP contribution in [0.3, 0.4) is 0 Å².